The Morgan fingerprint density at radius 3 is 2.60 bits per heavy atom. The van der Waals surface area contributed by atoms with E-state index in [4.69, 9.17) is 16.3 Å². The predicted molar refractivity (Wildman–Crippen MR) is 98.4 cm³/mol. The van der Waals surface area contributed by atoms with Crippen LogP contribution in [0.2, 0.25) is 5.02 Å². The third kappa shape index (κ3) is 3.40. The van der Waals surface area contributed by atoms with E-state index >= 15 is 0 Å². The average molecular weight is 370 g/mol. The summed E-state index contributed by atoms with van der Waals surface area (Å²) in [5.41, 5.74) is 1.29. The van der Waals surface area contributed by atoms with Gasteiger partial charge in [-0.2, -0.15) is 9.61 Å². The highest BCUT2D eigenvalue weighted by molar-refractivity contribution is 7.19. The van der Waals surface area contributed by atoms with E-state index in [1.165, 1.54) is 21.9 Å². The first-order chi connectivity index (χ1) is 12.2. The summed E-state index contributed by atoms with van der Waals surface area (Å²) in [6, 6.07) is 18.2. The van der Waals surface area contributed by atoms with Gasteiger partial charge >= 0.3 is 0 Å². The molecule has 0 atom stereocenters. The molecule has 0 N–H and O–H groups in total. The Balaban J connectivity index is 1.62. The third-order valence-corrected chi connectivity index (χ3v) is 4.73. The van der Waals surface area contributed by atoms with Crippen molar-refractivity contribution in [3.05, 3.63) is 81.7 Å². The monoisotopic (exact) mass is 369 g/mol. The van der Waals surface area contributed by atoms with E-state index in [1.807, 2.05) is 30.3 Å². The van der Waals surface area contributed by atoms with Gasteiger partial charge in [-0.1, -0.05) is 53.3 Å². The van der Waals surface area contributed by atoms with Crippen LogP contribution in [0.5, 0.6) is 5.75 Å². The zero-order chi connectivity index (χ0) is 17.2. The zero-order valence-electron chi connectivity index (χ0n) is 12.9. The minimum atomic E-state index is -0.224. The van der Waals surface area contributed by atoms with Gasteiger partial charge in [0.15, 0.2) is 0 Å². The Morgan fingerprint density at radius 2 is 1.84 bits per heavy atom. The Bertz CT molecular complexity index is 1080. The molecule has 25 heavy (non-hydrogen) atoms. The van der Waals surface area contributed by atoms with Gasteiger partial charge in [-0.15, -0.1) is 0 Å². The van der Waals surface area contributed by atoms with Crippen LogP contribution in [0.15, 0.2) is 65.5 Å². The van der Waals surface area contributed by atoms with Crippen LogP contribution in [0.25, 0.3) is 15.5 Å². The normalized spacial score (nSPS) is 10.9. The van der Waals surface area contributed by atoms with Crippen molar-refractivity contribution in [2.24, 2.45) is 0 Å². The van der Waals surface area contributed by atoms with Gasteiger partial charge in [0.1, 0.15) is 17.4 Å². The van der Waals surface area contributed by atoms with Gasteiger partial charge in [-0.3, -0.25) is 4.79 Å². The lowest BCUT2D eigenvalue weighted by Gasteiger charge is -2.05. The van der Waals surface area contributed by atoms with Crippen LogP contribution in [0.1, 0.15) is 5.69 Å². The molecule has 0 fully saturated rings. The lowest BCUT2D eigenvalue weighted by molar-refractivity contribution is 0.301. The first-order valence-corrected chi connectivity index (χ1v) is 8.72. The highest BCUT2D eigenvalue weighted by Gasteiger charge is 2.10. The Morgan fingerprint density at radius 1 is 1.08 bits per heavy atom. The molecule has 0 radical (unpaired) electrons. The zero-order valence-corrected chi connectivity index (χ0v) is 14.5. The second kappa shape index (κ2) is 6.66. The van der Waals surface area contributed by atoms with Crippen LogP contribution in [0, 0.1) is 0 Å². The molecular formula is C18H12ClN3O2S. The number of hydrogen-bond donors (Lipinski definition) is 0. The van der Waals surface area contributed by atoms with Crippen molar-refractivity contribution in [3.63, 3.8) is 0 Å². The average Bonchev–Trinajstić information content (AvgIpc) is 3.07. The van der Waals surface area contributed by atoms with Crippen molar-refractivity contribution in [2.45, 2.75) is 6.61 Å². The smallest absolute Gasteiger partial charge is 0.275 e. The summed E-state index contributed by atoms with van der Waals surface area (Å²) in [5, 5.41) is 5.75. The number of ether oxygens (including phenoxy) is 1. The molecule has 5 nitrogen and oxygen atoms in total. The first-order valence-electron chi connectivity index (χ1n) is 7.53. The van der Waals surface area contributed by atoms with Crippen LogP contribution in [-0.2, 0) is 6.61 Å². The topological polar surface area (TPSA) is 56.5 Å². The Labute approximate surface area is 152 Å². The molecule has 0 aliphatic rings. The maximum atomic E-state index is 12.3. The molecule has 2 aromatic heterocycles. The Hall–Kier alpha value is -2.70. The van der Waals surface area contributed by atoms with E-state index in [0.717, 1.165) is 10.6 Å². The van der Waals surface area contributed by atoms with E-state index < -0.39 is 0 Å². The van der Waals surface area contributed by atoms with Crippen molar-refractivity contribution in [2.75, 3.05) is 0 Å². The molecule has 2 aromatic carbocycles. The second-order valence-corrected chi connectivity index (χ2v) is 6.69. The van der Waals surface area contributed by atoms with Gasteiger partial charge < -0.3 is 4.74 Å². The van der Waals surface area contributed by atoms with Crippen LogP contribution in [0.4, 0.5) is 0 Å². The van der Waals surface area contributed by atoms with Gasteiger partial charge in [0.2, 0.25) is 4.96 Å². The fourth-order valence-corrected chi connectivity index (χ4v) is 3.37. The standard InChI is InChI=1S/C18H12ClN3O2S/c19-13-6-8-15(9-7-13)24-11-14-10-16(23)22-18(20-14)25-17(21-22)12-4-2-1-3-5-12/h1-10H,11H2. The lowest BCUT2D eigenvalue weighted by atomic mass is 10.2. The molecule has 0 saturated carbocycles. The number of rotatable bonds is 4. The fraction of sp³-hybridized carbons (Fsp3) is 0.0556. The number of aromatic nitrogens is 3. The molecule has 0 aliphatic carbocycles. The molecule has 0 amide bonds. The molecule has 0 bridgehead atoms. The third-order valence-electron chi connectivity index (χ3n) is 3.52. The van der Waals surface area contributed by atoms with Crippen LogP contribution in [0.3, 0.4) is 0 Å². The number of benzene rings is 2. The van der Waals surface area contributed by atoms with E-state index in [2.05, 4.69) is 10.1 Å². The van der Waals surface area contributed by atoms with Gasteiger partial charge in [0.05, 0.1) is 5.69 Å². The minimum Gasteiger partial charge on any atom is -0.487 e. The largest absolute Gasteiger partial charge is 0.487 e. The van der Waals surface area contributed by atoms with Gasteiger partial charge in [-0.05, 0) is 24.3 Å². The SMILES string of the molecule is O=c1cc(COc2ccc(Cl)cc2)nc2sc(-c3ccccc3)nn12. The molecule has 0 aliphatic heterocycles. The van der Waals surface area contributed by atoms with Gasteiger partial charge in [0.25, 0.3) is 5.56 Å². The highest BCUT2D eigenvalue weighted by atomic mass is 35.5. The van der Waals surface area contributed by atoms with Gasteiger partial charge in [0, 0.05) is 16.7 Å². The fourth-order valence-electron chi connectivity index (χ4n) is 2.32. The summed E-state index contributed by atoms with van der Waals surface area (Å²) in [5.74, 6) is 0.667. The molecule has 124 valence electrons. The molecule has 0 saturated heterocycles. The predicted octanol–water partition coefficient (Wildman–Crippen LogP) is 4.05. The van der Waals surface area contributed by atoms with Crippen LogP contribution < -0.4 is 10.3 Å². The van der Waals surface area contributed by atoms with E-state index in [9.17, 15) is 4.79 Å². The second-order valence-electron chi connectivity index (χ2n) is 5.30. The van der Waals surface area contributed by atoms with Crippen molar-refractivity contribution < 1.29 is 4.74 Å². The highest BCUT2D eigenvalue weighted by Crippen LogP contribution is 2.24. The van der Waals surface area contributed by atoms with E-state index in [0.29, 0.717) is 21.4 Å². The van der Waals surface area contributed by atoms with E-state index in [-0.39, 0.29) is 12.2 Å². The van der Waals surface area contributed by atoms with Crippen molar-refractivity contribution in [1.82, 2.24) is 14.6 Å². The summed E-state index contributed by atoms with van der Waals surface area (Å²) in [4.78, 5) is 17.3. The van der Waals surface area contributed by atoms with Gasteiger partial charge in [-0.25, -0.2) is 4.98 Å². The number of nitrogens with zero attached hydrogens (tertiary/aromatic N) is 3. The van der Waals surface area contributed by atoms with Crippen molar-refractivity contribution in [3.8, 4) is 16.3 Å². The molecule has 0 unspecified atom stereocenters. The Kier molecular flexibility index (Phi) is 4.21. The summed E-state index contributed by atoms with van der Waals surface area (Å²) in [6.07, 6.45) is 0. The molecule has 2 heterocycles. The summed E-state index contributed by atoms with van der Waals surface area (Å²) in [6.45, 7) is 0.200. The first kappa shape index (κ1) is 15.8. The van der Waals surface area contributed by atoms with Crippen molar-refractivity contribution >= 4 is 27.9 Å². The molecule has 4 rings (SSSR count). The summed E-state index contributed by atoms with van der Waals surface area (Å²) < 4.78 is 6.98. The minimum absolute atomic E-state index is 0.200. The van der Waals surface area contributed by atoms with Crippen LogP contribution >= 0.6 is 22.9 Å². The molecule has 0 spiro atoms. The van der Waals surface area contributed by atoms with Crippen molar-refractivity contribution in [1.29, 1.82) is 0 Å². The molecule has 7 heteroatoms. The number of hydrogen-bond acceptors (Lipinski definition) is 5. The van der Waals surface area contributed by atoms with Crippen LogP contribution in [-0.4, -0.2) is 14.6 Å². The maximum absolute atomic E-state index is 12.3. The number of fused-ring (bicyclic) bond motifs is 1. The quantitative estimate of drug-likeness (QED) is 0.544. The molecule has 4 aromatic rings. The number of halogens is 1. The molecular weight excluding hydrogens is 358 g/mol. The van der Waals surface area contributed by atoms with E-state index in [1.54, 1.807) is 24.3 Å². The summed E-state index contributed by atoms with van der Waals surface area (Å²) >= 11 is 7.22. The lowest BCUT2D eigenvalue weighted by Crippen LogP contribution is -2.16. The summed E-state index contributed by atoms with van der Waals surface area (Å²) in [7, 11) is 0. The maximum Gasteiger partial charge on any atom is 0.275 e.